The van der Waals surface area contributed by atoms with Gasteiger partial charge in [0.15, 0.2) is 9.84 Å². The van der Waals surface area contributed by atoms with Crippen molar-refractivity contribution >= 4 is 21.2 Å². The van der Waals surface area contributed by atoms with Gasteiger partial charge in [-0.25, -0.2) is 8.42 Å². The zero-order valence-electron chi connectivity index (χ0n) is 8.07. The summed E-state index contributed by atoms with van der Waals surface area (Å²) in [7, 11) is -3.89. The molecule has 8 heteroatoms. The van der Waals surface area contributed by atoms with Crippen LogP contribution in [0.3, 0.4) is 0 Å². The molecule has 0 fully saturated rings. The van der Waals surface area contributed by atoms with Crippen LogP contribution >= 0.6 is 11.3 Å². The van der Waals surface area contributed by atoms with Crippen molar-refractivity contribution in [1.29, 1.82) is 0 Å². The number of alkyl halides is 3. The zero-order chi connectivity index (χ0) is 12.4. The second kappa shape index (κ2) is 4.72. The van der Waals surface area contributed by atoms with Gasteiger partial charge in [0.2, 0.25) is 0 Å². The molecular weight excluding hydrogens is 263 g/mol. The Labute approximate surface area is 95.0 Å². The van der Waals surface area contributed by atoms with E-state index in [1.54, 1.807) is 0 Å². The van der Waals surface area contributed by atoms with E-state index in [4.69, 9.17) is 5.73 Å². The van der Waals surface area contributed by atoms with E-state index >= 15 is 0 Å². The van der Waals surface area contributed by atoms with E-state index in [0.29, 0.717) is 0 Å². The zero-order valence-corrected chi connectivity index (χ0v) is 9.70. The largest absolute Gasteiger partial charge is 0.394 e. The molecule has 0 amide bonds. The summed E-state index contributed by atoms with van der Waals surface area (Å²) in [5.74, 6) is -3.01. The van der Waals surface area contributed by atoms with Crippen molar-refractivity contribution in [3.63, 3.8) is 0 Å². The summed E-state index contributed by atoms with van der Waals surface area (Å²) in [6.45, 7) is -0.728. The van der Waals surface area contributed by atoms with E-state index in [0.717, 1.165) is 11.3 Å². The molecular formula is C8H10F3NO2S2. The number of hydrogen-bond acceptors (Lipinski definition) is 4. The van der Waals surface area contributed by atoms with Gasteiger partial charge in [-0.1, -0.05) is 6.07 Å². The number of thiophene rings is 1. The van der Waals surface area contributed by atoms with Gasteiger partial charge in [0, 0.05) is 6.54 Å². The van der Waals surface area contributed by atoms with Gasteiger partial charge < -0.3 is 5.73 Å². The Balaban J connectivity index is 2.88. The Hall–Kier alpha value is -0.600. The van der Waals surface area contributed by atoms with Gasteiger partial charge >= 0.3 is 6.18 Å². The summed E-state index contributed by atoms with van der Waals surface area (Å²) in [5.41, 5.74) is 4.94. The van der Waals surface area contributed by atoms with Crippen LogP contribution in [0.5, 0.6) is 0 Å². The Morgan fingerprint density at radius 3 is 2.44 bits per heavy atom. The number of sulfone groups is 1. The van der Waals surface area contributed by atoms with E-state index < -0.39 is 34.2 Å². The van der Waals surface area contributed by atoms with Crippen LogP contribution in [0, 0.1) is 5.92 Å². The van der Waals surface area contributed by atoms with Crippen molar-refractivity contribution in [2.75, 3.05) is 12.3 Å². The molecule has 1 unspecified atom stereocenters. The van der Waals surface area contributed by atoms with Crippen LogP contribution in [0.25, 0.3) is 0 Å². The first-order valence-corrected chi connectivity index (χ1v) is 6.83. The molecule has 1 atom stereocenters. The van der Waals surface area contributed by atoms with E-state index in [1.807, 2.05) is 0 Å². The smallest absolute Gasteiger partial charge is 0.330 e. The first-order valence-electron chi connectivity index (χ1n) is 4.30. The Kier molecular flexibility index (Phi) is 3.97. The van der Waals surface area contributed by atoms with Gasteiger partial charge in [-0.3, -0.25) is 0 Å². The van der Waals surface area contributed by atoms with Gasteiger partial charge in [-0.15, -0.1) is 11.3 Å². The third-order valence-electron chi connectivity index (χ3n) is 1.97. The van der Waals surface area contributed by atoms with Crippen LogP contribution in [-0.2, 0) is 9.84 Å². The molecule has 2 N–H and O–H groups in total. The van der Waals surface area contributed by atoms with E-state index in [1.165, 1.54) is 17.5 Å². The normalized spacial score (nSPS) is 15.0. The van der Waals surface area contributed by atoms with Crippen molar-refractivity contribution in [2.45, 2.75) is 10.4 Å². The summed E-state index contributed by atoms with van der Waals surface area (Å²) in [5, 5.41) is 1.50. The van der Waals surface area contributed by atoms with E-state index in [-0.39, 0.29) is 4.21 Å². The molecule has 0 spiro atoms. The molecule has 0 aliphatic heterocycles. The molecule has 1 aromatic heterocycles. The molecule has 1 rings (SSSR count). The molecule has 0 bridgehead atoms. The minimum Gasteiger partial charge on any atom is -0.330 e. The highest BCUT2D eigenvalue weighted by molar-refractivity contribution is 7.93. The van der Waals surface area contributed by atoms with Crippen LogP contribution < -0.4 is 5.73 Å². The highest BCUT2D eigenvalue weighted by Gasteiger charge is 2.41. The van der Waals surface area contributed by atoms with Crippen molar-refractivity contribution in [1.82, 2.24) is 0 Å². The molecule has 1 heterocycles. The topological polar surface area (TPSA) is 60.2 Å². The third kappa shape index (κ3) is 3.19. The lowest BCUT2D eigenvalue weighted by Gasteiger charge is -2.17. The number of rotatable bonds is 4. The molecule has 0 aromatic carbocycles. The van der Waals surface area contributed by atoms with Crippen molar-refractivity contribution in [3.05, 3.63) is 17.5 Å². The quantitative estimate of drug-likeness (QED) is 0.907. The number of halogens is 3. The summed E-state index contributed by atoms with van der Waals surface area (Å²) >= 11 is 0.897. The van der Waals surface area contributed by atoms with Gasteiger partial charge in [0.1, 0.15) is 4.21 Å². The molecule has 0 saturated carbocycles. The minimum atomic E-state index is -4.58. The van der Waals surface area contributed by atoms with Gasteiger partial charge in [0.05, 0.1) is 11.7 Å². The Morgan fingerprint density at radius 1 is 1.44 bits per heavy atom. The number of nitrogens with two attached hydrogens (primary N) is 1. The van der Waals surface area contributed by atoms with Crippen molar-refractivity contribution in [3.8, 4) is 0 Å². The standard InChI is InChI=1S/C8H10F3NO2S2/c9-8(10,11)6(4-12)5-16(13,14)7-2-1-3-15-7/h1-3,6H,4-5,12H2. The fraction of sp³-hybridized carbons (Fsp3) is 0.500. The average molecular weight is 273 g/mol. The van der Waals surface area contributed by atoms with Crippen LogP contribution in [0.15, 0.2) is 21.7 Å². The molecule has 3 nitrogen and oxygen atoms in total. The molecule has 92 valence electrons. The summed E-state index contributed by atoms with van der Waals surface area (Å²) in [4.78, 5) is 0. The highest BCUT2D eigenvalue weighted by Crippen LogP contribution is 2.29. The fourth-order valence-corrected chi connectivity index (χ4v) is 3.79. The van der Waals surface area contributed by atoms with Crippen molar-refractivity contribution in [2.24, 2.45) is 11.7 Å². The van der Waals surface area contributed by atoms with Crippen molar-refractivity contribution < 1.29 is 21.6 Å². The Bertz CT molecular complexity index is 425. The molecule has 16 heavy (non-hydrogen) atoms. The van der Waals surface area contributed by atoms with Crippen LogP contribution in [0.2, 0.25) is 0 Å². The molecule has 0 saturated heterocycles. The maximum absolute atomic E-state index is 12.4. The lowest BCUT2D eigenvalue weighted by atomic mass is 10.2. The van der Waals surface area contributed by atoms with E-state index in [9.17, 15) is 21.6 Å². The third-order valence-corrected chi connectivity index (χ3v) is 5.27. The predicted molar refractivity (Wildman–Crippen MR) is 55.0 cm³/mol. The fourth-order valence-electron chi connectivity index (χ4n) is 1.08. The molecule has 0 radical (unpaired) electrons. The predicted octanol–water partition coefficient (Wildman–Crippen LogP) is 1.66. The maximum Gasteiger partial charge on any atom is 0.394 e. The lowest BCUT2D eigenvalue weighted by Crippen LogP contribution is -2.35. The maximum atomic E-state index is 12.4. The van der Waals surface area contributed by atoms with Crippen LogP contribution in [0.4, 0.5) is 13.2 Å². The lowest BCUT2D eigenvalue weighted by molar-refractivity contribution is -0.165. The number of hydrogen-bond donors (Lipinski definition) is 1. The van der Waals surface area contributed by atoms with Gasteiger partial charge in [0.25, 0.3) is 0 Å². The summed E-state index contributed by atoms with van der Waals surface area (Å²) in [6, 6.07) is 2.76. The van der Waals surface area contributed by atoms with E-state index in [2.05, 4.69) is 0 Å². The minimum absolute atomic E-state index is 0.0600. The molecule has 1 aromatic rings. The second-order valence-electron chi connectivity index (χ2n) is 3.19. The van der Waals surface area contributed by atoms with Crippen LogP contribution in [0.1, 0.15) is 0 Å². The summed E-state index contributed by atoms with van der Waals surface area (Å²) in [6.07, 6.45) is -4.58. The Morgan fingerprint density at radius 2 is 2.06 bits per heavy atom. The SMILES string of the molecule is NCC(CS(=O)(=O)c1cccs1)C(F)(F)F. The molecule has 0 aliphatic carbocycles. The first-order chi connectivity index (χ1) is 7.27. The van der Waals surface area contributed by atoms with Gasteiger partial charge in [-0.2, -0.15) is 13.2 Å². The first kappa shape index (κ1) is 13.5. The van der Waals surface area contributed by atoms with Crippen LogP contribution in [-0.4, -0.2) is 26.9 Å². The average Bonchev–Trinajstić information content (AvgIpc) is 2.65. The van der Waals surface area contributed by atoms with Gasteiger partial charge in [-0.05, 0) is 11.4 Å². The monoisotopic (exact) mass is 273 g/mol. The second-order valence-corrected chi connectivity index (χ2v) is 6.40. The highest BCUT2D eigenvalue weighted by atomic mass is 32.2. The summed E-state index contributed by atoms with van der Waals surface area (Å²) < 4.78 is 60.1. The molecule has 0 aliphatic rings.